The monoisotopic (exact) mass is 662 g/mol. The molecule has 0 radical (unpaired) electrons. The largest absolute Gasteiger partial charge is 0.507 e. The number of rotatable bonds is 13. The van der Waals surface area contributed by atoms with Crippen molar-refractivity contribution < 1.29 is 19.8 Å². The number of hydrazone groups is 2. The molecule has 0 aromatic heterocycles. The number of hydrogen-bond donors (Lipinski definition) is 4. The SMILES string of the molecule is CC(C)(C)c1cc(/C=N\NC(=O)CCCCCCCCC(=O)N/N=C\c2cc(C(C)(C)C)c(O)c(C(C)(C)C)c2)cc(C(C)(C)C)c1O. The molecule has 4 N–H and O–H groups in total. The van der Waals surface area contributed by atoms with E-state index in [1.54, 1.807) is 12.4 Å². The van der Waals surface area contributed by atoms with Gasteiger partial charge in [-0.1, -0.05) is 109 Å². The van der Waals surface area contributed by atoms with Crippen LogP contribution in [0.2, 0.25) is 0 Å². The molecule has 266 valence electrons. The number of carbonyl (C=O) groups excluding carboxylic acids is 2. The molecule has 0 aliphatic heterocycles. The van der Waals surface area contributed by atoms with Crippen molar-refractivity contribution in [2.24, 2.45) is 10.2 Å². The molecule has 48 heavy (non-hydrogen) atoms. The number of benzene rings is 2. The molecule has 2 aromatic rings. The van der Waals surface area contributed by atoms with Gasteiger partial charge in [-0.3, -0.25) is 9.59 Å². The van der Waals surface area contributed by atoms with Crippen LogP contribution in [-0.2, 0) is 31.2 Å². The second-order valence-electron chi connectivity index (χ2n) is 17.1. The maximum absolute atomic E-state index is 12.3. The molecule has 0 aliphatic rings. The molecule has 0 atom stereocenters. The first kappa shape index (κ1) is 40.5. The minimum absolute atomic E-state index is 0.120. The fourth-order valence-corrected chi connectivity index (χ4v) is 5.50. The molecule has 2 amide bonds. The van der Waals surface area contributed by atoms with Gasteiger partial charge in [0, 0.05) is 35.1 Å². The van der Waals surface area contributed by atoms with E-state index in [4.69, 9.17) is 0 Å². The van der Waals surface area contributed by atoms with Crippen molar-refractivity contribution in [3.05, 3.63) is 57.6 Å². The second-order valence-corrected chi connectivity index (χ2v) is 17.1. The molecule has 0 heterocycles. The summed E-state index contributed by atoms with van der Waals surface area (Å²) >= 11 is 0. The number of phenols is 2. The minimum atomic E-state index is -0.235. The zero-order valence-corrected chi connectivity index (χ0v) is 31.7. The number of nitrogens with one attached hydrogen (secondary N) is 2. The van der Waals surface area contributed by atoms with Gasteiger partial charge >= 0.3 is 0 Å². The van der Waals surface area contributed by atoms with Gasteiger partial charge in [-0.2, -0.15) is 10.2 Å². The summed E-state index contributed by atoms with van der Waals surface area (Å²) in [5.74, 6) is 0.400. The van der Waals surface area contributed by atoms with Crippen LogP contribution in [0.1, 0.15) is 168 Å². The maximum Gasteiger partial charge on any atom is 0.240 e. The lowest BCUT2D eigenvalue weighted by molar-refractivity contribution is -0.122. The van der Waals surface area contributed by atoms with Crippen LogP contribution < -0.4 is 10.9 Å². The molecule has 8 heteroatoms. The first-order chi connectivity index (χ1) is 22.0. The molecule has 8 nitrogen and oxygen atoms in total. The van der Waals surface area contributed by atoms with Crippen molar-refractivity contribution >= 4 is 24.2 Å². The Hall–Kier alpha value is -3.68. The van der Waals surface area contributed by atoms with Crippen molar-refractivity contribution in [3.8, 4) is 11.5 Å². The van der Waals surface area contributed by atoms with E-state index in [1.807, 2.05) is 24.3 Å². The smallest absolute Gasteiger partial charge is 0.240 e. The van der Waals surface area contributed by atoms with E-state index < -0.39 is 0 Å². The molecule has 0 bridgehead atoms. The van der Waals surface area contributed by atoms with E-state index in [0.29, 0.717) is 24.3 Å². The number of amides is 2. The van der Waals surface area contributed by atoms with Crippen LogP contribution in [0, 0.1) is 0 Å². The van der Waals surface area contributed by atoms with Gasteiger partial charge in [0.15, 0.2) is 0 Å². The third kappa shape index (κ3) is 12.7. The Labute approximate surface area is 289 Å². The predicted molar refractivity (Wildman–Crippen MR) is 199 cm³/mol. The third-order valence-electron chi connectivity index (χ3n) is 8.36. The zero-order valence-electron chi connectivity index (χ0n) is 31.7. The van der Waals surface area contributed by atoms with Crippen molar-refractivity contribution in [3.63, 3.8) is 0 Å². The van der Waals surface area contributed by atoms with Gasteiger partial charge in [0.05, 0.1) is 12.4 Å². The van der Waals surface area contributed by atoms with Crippen molar-refractivity contribution in [1.82, 2.24) is 10.9 Å². The molecule has 0 unspecified atom stereocenters. The van der Waals surface area contributed by atoms with E-state index in [-0.39, 0.29) is 33.5 Å². The summed E-state index contributed by atoms with van der Waals surface area (Å²) in [5, 5.41) is 30.1. The summed E-state index contributed by atoms with van der Waals surface area (Å²) in [4.78, 5) is 24.7. The Bertz CT molecular complexity index is 1280. The fourth-order valence-electron chi connectivity index (χ4n) is 5.50. The highest BCUT2D eigenvalue weighted by Gasteiger charge is 2.27. The first-order valence-electron chi connectivity index (χ1n) is 17.4. The number of carbonyl (C=O) groups is 2. The molecule has 0 aliphatic carbocycles. The van der Waals surface area contributed by atoms with Gasteiger partial charge in [-0.25, -0.2) is 10.9 Å². The zero-order chi connectivity index (χ0) is 36.5. The Morgan fingerprint density at radius 3 is 1.02 bits per heavy atom. The van der Waals surface area contributed by atoms with Crippen LogP contribution in [0.4, 0.5) is 0 Å². The fraction of sp³-hybridized carbons (Fsp3) is 0.600. The summed E-state index contributed by atoms with van der Waals surface area (Å²) in [5.41, 5.74) is 9.42. The number of phenolic OH excluding ortho intramolecular Hbond substituents is 2. The highest BCUT2D eigenvalue weighted by Crippen LogP contribution is 2.40. The summed E-state index contributed by atoms with van der Waals surface area (Å²) in [6, 6.07) is 7.72. The van der Waals surface area contributed by atoms with Crippen molar-refractivity contribution in [2.45, 2.75) is 156 Å². The molecule has 2 aromatic carbocycles. The summed E-state index contributed by atoms with van der Waals surface area (Å²) in [7, 11) is 0. The average molecular weight is 663 g/mol. The summed E-state index contributed by atoms with van der Waals surface area (Å²) in [6.45, 7) is 24.8. The Morgan fingerprint density at radius 2 is 0.771 bits per heavy atom. The lowest BCUT2D eigenvalue weighted by Crippen LogP contribution is -2.19. The van der Waals surface area contributed by atoms with Gasteiger partial charge < -0.3 is 10.2 Å². The van der Waals surface area contributed by atoms with Crippen LogP contribution in [0.25, 0.3) is 0 Å². The van der Waals surface area contributed by atoms with Gasteiger partial charge in [-0.05, 0) is 69.9 Å². The molecule has 0 saturated carbocycles. The van der Waals surface area contributed by atoms with Crippen LogP contribution in [0.3, 0.4) is 0 Å². The normalized spacial score (nSPS) is 13.0. The van der Waals surface area contributed by atoms with Gasteiger partial charge in [0.2, 0.25) is 11.8 Å². The number of aromatic hydroxyl groups is 2. The predicted octanol–water partition coefficient (Wildman–Crippen LogP) is 9.01. The van der Waals surface area contributed by atoms with E-state index in [1.165, 1.54) is 0 Å². The topological polar surface area (TPSA) is 123 Å². The highest BCUT2D eigenvalue weighted by molar-refractivity contribution is 5.84. The van der Waals surface area contributed by atoms with Gasteiger partial charge in [0.1, 0.15) is 11.5 Å². The second kappa shape index (κ2) is 16.6. The molecule has 0 saturated heterocycles. The summed E-state index contributed by atoms with van der Waals surface area (Å²) < 4.78 is 0. The van der Waals surface area contributed by atoms with E-state index in [0.717, 1.165) is 71.9 Å². The lowest BCUT2D eigenvalue weighted by atomic mass is 9.78. The number of nitrogens with zero attached hydrogens (tertiary/aromatic N) is 2. The molecule has 0 spiro atoms. The molecular weight excluding hydrogens is 600 g/mol. The Balaban J connectivity index is 1.72. The first-order valence-corrected chi connectivity index (χ1v) is 17.4. The molecule has 2 rings (SSSR count). The lowest BCUT2D eigenvalue weighted by Gasteiger charge is -2.27. The van der Waals surface area contributed by atoms with Gasteiger partial charge in [-0.15, -0.1) is 0 Å². The van der Waals surface area contributed by atoms with Crippen LogP contribution in [-0.4, -0.2) is 34.5 Å². The van der Waals surface area contributed by atoms with Crippen LogP contribution in [0.5, 0.6) is 11.5 Å². The van der Waals surface area contributed by atoms with E-state index in [9.17, 15) is 19.8 Å². The van der Waals surface area contributed by atoms with E-state index in [2.05, 4.69) is 104 Å². The van der Waals surface area contributed by atoms with Crippen molar-refractivity contribution in [2.75, 3.05) is 0 Å². The quantitative estimate of drug-likeness (QED) is 0.0971. The Morgan fingerprint density at radius 1 is 0.521 bits per heavy atom. The van der Waals surface area contributed by atoms with Crippen LogP contribution in [0.15, 0.2) is 34.5 Å². The average Bonchev–Trinajstić information content (AvgIpc) is 2.93. The molecule has 0 fully saturated rings. The maximum atomic E-state index is 12.3. The highest BCUT2D eigenvalue weighted by atomic mass is 16.3. The van der Waals surface area contributed by atoms with E-state index >= 15 is 0 Å². The minimum Gasteiger partial charge on any atom is -0.507 e. The third-order valence-corrected chi connectivity index (χ3v) is 8.36. The number of unbranched alkanes of at least 4 members (excludes halogenated alkanes) is 5. The molecular formula is C40H62N4O4. The Kier molecular flexibility index (Phi) is 14.0. The van der Waals surface area contributed by atoms with Gasteiger partial charge in [0.25, 0.3) is 0 Å². The number of hydrogen-bond acceptors (Lipinski definition) is 6. The van der Waals surface area contributed by atoms with Crippen molar-refractivity contribution in [1.29, 1.82) is 0 Å². The van der Waals surface area contributed by atoms with Crippen LogP contribution >= 0.6 is 0 Å². The summed E-state index contributed by atoms with van der Waals surface area (Å²) in [6.07, 6.45) is 9.54. The standard InChI is InChI=1S/C40H62N4O4/c1-37(2,3)29-21-27(22-30(35(29)47)38(4,5)6)25-41-43-33(45)19-17-15-13-14-16-18-20-34(46)44-42-26-28-23-31(39(7,8)9)36(48)32(24-28)40(10,11)12/h21-26,47-48H,13-20H2,1-12H3,(H,43,45)(H,44,46)/b41-25-,42-26-.